The fourth-order valence-corrected chi connectivity index (χ4v) is 2.05. The van der Waals surface area contributed by atoms with E-state index < -0.39 is 5.82 Å². The second-order valence-corrected chi connectivity index (χ2v) is 4.62. The SMILES string of the molecule is COc1cc(Nc2c(C)c(C)nc3ncnn23)ccc1F. The first-order valence-corrected chi connectivity index (χ1v) is 6.37. The maximum atomic E-state index is 13.5. The second-order valence-electron chi connectivity index (χ2n) is 4.62. The van der Waals surface area contributed by atoms with Crippen LogP contribution in [0, 0.1) is 19.7 Å². The molecule has 3 aromatic rings. The van der Waals surface area contributed by atoms with Crippen LogP contribution in [0.15, 0.2) is 24.5 Å². The number of hydrogen-bond donors (Lipinski definition) is 1. The van der Waals surface area contributed by atoms with Crippen LogP contribution < -0.4 is 10.1 Å². The van der Waals surface area contributed by atoms with Gasteiger partial charge in [-0.25, -0.2) is 9.37 Å². The summed E-state index contributed by atoms with van der Waals surface area (Å²) in [6.45, 7) is 3.84. The fraction of sp³-hybridized carbons (Fsp3) is 0.214. The minimum absolute atomic E-state index is 0.179. The average Bonchev–Trinajstić information content (AvgIpc) is 2.93. The van der Waals surface area contributed by atoms with Crippen LogP contribution in [0.2, 0.25) is 0 Å². The Bertz CT molecular complexity index is 814. The Kier molecular flexibility index (Phi) is 3.17. The number of nitrogens with one attached hydrogen (secondary N) is 1. The van der Waals surface area contributed by atoms with Crippen LogP contribution in [-0.2, 0) is 0 Å². The lowest BCUT2D eigenvalue weighted by Gasteiger charge is -2.13. The molecular weight excluding hydrogens is 273 g/mol. The minimum atomic E-state index is -0.406. The van der Waals surface area contributed by atoms with E-state index in [4.69, 9.17) is 4.74 Å². The first-order chi connectivity index (χ1) is 10.1. The zero-order valence-electron chi connectivity index (χ0n) is 11.9. The number of methoxy groups -OCH3 is 1. The zero-order chi connectivity index (χ0) is 15.0. The fourth-order valence-electron chi connectivity index (χ4n) is 2.05. The maximum Gasteiger partial charge on any atom is 0.254 e. The standard InChI is InChI=1S/C14H14FN5O/c1-8-9(2)18-14-16-7-17-20(14)13(8)19-10-4-5-11(15)12(6-10)21-3/h4-7,19H,1-3H3. The topological polar surface area (TPSA) is 64.3 Å². The molecule has 1 aromatic carbocycles. The van der Waals surface area contributed by atoms with Gasteiger partial charge in [-0.1, -0.05) is 0 Å². The lowest BCUT2D eigenvalue weighted by Crippen LogP contribution is -2.06. The molecule has 0 saturated heterocycles. The molecule has 7 heteroatoms. The van der Waals surface area contributed by atoms with Crippen LogP contribution in [0.25, 0.3) is 5.78 Å². The molecule has 0 bridgehead atoms. The van der Waals surface area contributed by atoms with E-state index in [9.17, 15) is 4.39 Å². The molecule has 0 fully saturated rings. The van der Waals surface area contributed by atoms with Gasteiger partial charge in [-0.05, 0) is 26.0 Å². The molecule has 1 N–H and O–H groups in total. The highest BCUT2D eigenvalue weighted by atomic mass is 19.1. The lowest BCUT2D eigenvalue weighted by atomic mass is 10.2. The number of nitrogens with zero attached hydrogens (tertiary/aromatic N) is 4. The predicted molar refractivity (Wildman–Crippen MR) is 76.5 cm³/mol. The first-order valence-electron chi connectivity index (χ1n) is 6.37. The van der Waals surface area contributed by atoms with E-state index in [-0.39, 0.29) is 5.75 Å². The van der Waals surface area contributed by atoms with Gasteiger partial charge in [-0.2, -0.15) is 14.6 Å². The molecule has 2 heterocycles. The molecule has 2 aromatic heterocycles. The number of aromatic nitrogens is 4. The van der Waals surface area contributed by atoms with Gasteiger partial charge >= 0.3 is 0 Å². The van der Waals surface area contributed by atoms with E-state index in [0.29, 0.717) is 11.5 Å². The molecule has 0 amide bonds. The van der Waals surface area contributed by atoms with E-state index >= 15 is 0 Å². The average molecular weight is 287 g/mol. The molecule has 6 nitrogen and oxygen atoms in total. The number of halogens is 1. The van der Waals surface area contributed by atoms with Crippen LogP contribution in [0.4, 0.5) is 15.9 Å². The molecule has 21 heavy (non-hydrogen) atoms. The number of benzene rings is 1. The van der Waals surface area contributed by atoms with Gasteiger partial charge in [0.2, 0.25) is 0 Å². The number of rotatable bonds is 3. The van der Waals surface area contributed by atoms with Gasteiger partial charge in [0.1, 0.15) is 12.1 Å². The molecule has 0 atom stereocenters. The van der Waals surface area contributed by atoms with Gasteiger partial charge in [0, 0.05) is 23.0 Å². The quantitative estimate of drug-likeness (QED) is 0.802. The van der Waals surface area contributed by atoms with Crippen LogP contribution in [0.3, 0.4) is 0 Å². The number of anilines is 2. The summed E-state index contributed by atoms with van der Waals surface area (Å²) in [5.74, 6) is 1.02. The molecular formula is C14H14FN5O. The third-order valence-corrected chi connectivity index (χ3v) is 3.32. The third-order valence-electron chi connectivity index (χ3n) is 3.32. The lowest BCUT2D eigenvalue weighted by molar-refractivity contribution is 0.387. The summed E-state index contributed by atoms with van der Waals surface area (Å²) in [7, 11) is 1.43. The van der Waals surface area contributed by atoms with E-state index in [2.05, 4.69) is 20.4 Å². The molecule has 0 radical (unpaired) electrons. The predicted octanol–water partition coefficient (Wildman–Crippen LogP) is 2.63. The van der Waals surface area contributed by atoms with Crippen LogP contribution in [0.1, 0.15) is 11.3 Å². The maximum absolute atomic E-state index is 13.5. The summed E-state index contributed by atoms with van der Waals surface area (Å²) in [4.78, 5) is 8.44. The van der Waals surface area contributed by atoms with E-state index in [1.807, 2.05) is 13.8 Å². The van der Waals surface area contributed by atoms with Crippen molar-refractivity contribution in [3.63, 3.8) is 0 Å². The molecule has 3 rings (SSSR count). The Morgan fingerprint density at radius 3 is 2.86 bits per heavy atom. The summed E-state index contributed by atoms with van der Waals surface area (Å²) < 4.78 is 20.1. The van der Waals surface area contributed by atoms with Crippen LogP contribution >= 0.6 is 0 Å². The molecule has 0 spiro atoms. The summed E-state index contributed by atoms with van der Waals surface area (Å²) in [6.07, 6.45) is 1.44. The van der Waals surface area contributed by atoms with Crippen molar-refractivity contribution < 1.29 is 9.13 Å². The van der Waals surface area contributed by atoms with Gasteiger partial charge < -0.3 is 10.1 Å². The summed E-state index contributed by atoms with van der Waals surface area (Å²) in [6, 6.07) is 4.58. The van der Waals surface area contributed by atoms with Crippen molar-refractivity contribution in [1.29, 1.82) is 0 Å². The number of aryl methyl sites for hydroxylation is 1. The van der Waals surface area contributed by atoms with Crippen molar-refractivity contribution in [3.8, 4) is 5.75 Å². The number of fused-ring (bicyclic) bond motifs is 1. The van der Waals surface area contributed by atoms with Gasteiger partial charge in [-0.15, -0.1) is 0 Å². The van der Waals surface area contributed by atoms with Gasteiger partial charge in [-0.3, -0.25) is 0 Å². The van der Waals surface area contributed by atoms with Crippen molar-refractivity contribution >= 4 is 17.3 Å². The Hall–Kier alpha value is -2.70. The number of hydrogen-bond acceptors (Lipinski definition) is 5. The third kappa shape index (κ3) is 2.26. The second kappa shape index (κ2) is 5.01. The summed E-state index contributed by atoms with van der Waals surface area (Å²) in [5.41, 5.74) is 2.49. The zero-order valence-corrected chi connectivity index (χ0v) is 11.9. The summed E-state index contributed by atoms with van der Waals surface area (Å²) >= 11 is 0. The Morgan fingerprint density at radius 1 is 1.29 bits per heavy atom. The number of ether oxygens (including phenoxy) is 1. The van der Waals surface area contributed by atoms with E-state index in [1.165, 1.54) is 19.5 Å². The van der Waals surface area contributed by atoms with Crippen molar-refractivity contribution in [2.24, 2.45) is 0 Å². The van der Waals surface area contributed by atoms with Crippen LogP contribution in [0.5, 0.6) is 5.75 Å². The Labute approximate surface area is 120 Å². The van der Waals surface area contributed by atoms with Crippen molar-refractivity contribution in [2.75, 3.05) is 12.4 Å². The minimum Gasteiger partial charge on any atom is -0.494 e. The van der Waals surface area contributed by atoms with Gasteiger partial charge in [0.15, 0.2) is 11.6 Å². The van der Waals surface area contributed by atoms with E-state index in [0.717, 1.165) is 17.1 Å². The smallest absolute Gasteiger partial charge is 0.254 e. The van der Waals surface area contributed by atoms with Crippen LogP contribution in [-0.4, -0.2) is 26.7 Å². The van der Waals surface area contributed by atoms with E-state index in [1.54, 1.807) is 16.6 Å². The molecule has 108 valence electrons. The molecule has 0 aliphatic carbocycles. The highest BCUT2D eigenvalue weighted by Gasteiger charge is 2.12. The molecule has 0 aliphatic heterocycles. The Morgan fingerprint density at radius 2 is 2.10 bits per heavy atom. The largest absolute Gasteiger partial charge is 0.494 e. The van der Waals surface area contributed by atoms with Gasteiger partial charge in [0.25, 0.3) is 5.78 Å². The normalized spacial score (nSPS) is 10.9. The van der Waals surface area contributed by atoms with Crippen molar-refractivity contribution in [3.05, 3.63) is 41.6 Å². The highest BCUT2D eigenvalue weighted by molar-refractivity contribution is 5.63. The molecule has 0 saturated carbocycles. The van der Waals surface area contributed by atoms with Crippen molar-refractivity contribution in [2.45, 2.75) is 13.8 Å². The van der Waals surface area contributed by atoms with Crippen molar-refractivity contribution in [1.82, 2.24) is 19.6 Å². The summed E-state index contributed by atoms with van der Waals surface area (Å²) in [5, 5.41) is 7.37. The highest BCUT2D eigenvalue weighted by Crippen LogP contribution is 2.26. The Balaban J connectivity index is 2.09. The van der Waals surface area contributed by atoms with Gasteiger partial charge in [0.05, 0.1) is 7.11 Å². The monoisotopic (exact) mass is 287 g/mol. The molecule has 0 unspecified atom stereocenters. The first kappa shape index (κ1) is 13.3. The molecule has 0 aliphatic rings.